The van der Waals surface area contributed by atoms with E-state index in [0.717, 1.165) is 5.56 Å². The molecule has 106 valence electrons. The number of aromatic nitrogens is 1. The van der Waals surface area contributed by atoms with E-state index in [1.165, 1.54) is 4.31 Å². The number of hydrogen-bond acceptors (Lipinski definition) is 4. The summed E-state index contributed by atoms with van der Waals surface area (Å²) in [4.78, 5) is 3.92. The van der Waals surface area contributed by atoms with Crippen LogP contribution in [-0.4, -0.2) is 54.6 Å². The van der Waals surface area contributed by atoms with E-state index in [4.69, 9.17) is 4.74 Å². The van der Waals surface area contributed by atoms with Crippen molar-refractivity contribution in [3.63, 3.8) is 0 Å². The molecule has 0 radical (unpaired) electrons. The molecule has 0 N–H and O–H groups in total. The largest absolute Gasteiger partial charge is 0.375 e. The molecule has 1 aliphatic heterocycles. The summed E-state index contributed by atoms with van der Waals surface area (Å²) in [5.41, 5.74) is 0.990. The molecule has 5 nitrogen and oxygen atoms in total. The van der Waals surface area contributed by atoms with Gasteiger partial charge in [0.25, 0.3) is 0 Å². The van der Waals surface area contributed by atoms with Crippen LogP contribution in [0.15, 0.2) is 24.5 Å². The maximum Gasteiger partial charge on any atom is 0.214 e. The first-order valence-corrected chi connectivity index (χ1v) is 8.89. The van der Waals surface area contributed by atoms with E-state index in [-0.39, 0.29) is 11.9 Å². The third-order valence-corrected chi connectivity index (χ3v) is 5.63. The number of halogens is 1. The zero-order chi connectivity index (χ0) is 13.7. The molecule has 0 saturated carbocycles. The lowest BCUT2D eigenvalue weighted by molar-refractivity contribution is 0.0137. The van der Waals surface area contributed by atoms with Gasteiger partial charge < -0.3 is 4.74 Å². The Bertz CT molecular complexity index is 495. The lowest BCUT2D eigenvalue weighted by Crippen LogP contribution is -2.47. The van der Waals surface area contributed by atoms with Gasteiger partial charge in [-0.1, -0.05) is 15.9 Å². The van der Waals surface area contributed by atoms with Crippen molar-refractivity contribution in [2.45, 2.75) is 12.5 Å². The van der Waals surface area contributed by atoms with E-state index in [1.54, 1.807) is 12.4 Å². The second kappa shape index (κ2) is 6.78. The molecule has 1 saturated heterocycles. The zero-order valence-corrected chi connectivity index (χ0v) is 12.9. The van der Waals surface area contributed by atoms with Crippen molar-refractivity contribution in [2.75, 3.05) is 30.8 Å². The van der Waals surface area contributed by atoms with Gasteiger partial charge in [0.05, 0.1) is 18.5 Å². The summed E-state index contributed by atoms with van der Waals surface area (Å²) >= 11 is 3.33. The summed E-state index contributed by atoms with van der Waals surface area (Å²) in [6.45, 7) is 1.34. The molecule has 0 aromatic carbocycles. The molecule has 1 aromatic heterocycles. The van der Waals surface area contributed by atoms with E-state index in [0.29, 0.717) is 31.4 Å². The molecular weight excluding hydrogens is 332 g/mol. The molecule has 1 unspecified atom stereocenters. The Morgan fingerprint density at radius 3 is 2.84 bits per heavy atom. The predicted octanol–water partition coefficient (Wildman–Crippen LogP) is 1.05. The van der Waals surface area contributed by atoms with Crippen molar-refractivity contribution in [3.8, 4) is 0 Å². The van der Waals surface area contributed by atoms with E-state index in [9.17, 15) is 8.42 Å². The summed E-state index contributed by atoms with van der Waals surface area (Å²) in [6, 6.07) is 3.69. The number of aryl methyl sites for hydroxylation is 1. The average Bonchev–Trinajstić information content (AvgIpc) is 2.46. The number of nitrogens with zero attached hydrogens (tertiary/aromatic N) is 2. The lowest BCUT2D eigenvalue weighted by Gasteiger charge is -2.31. The molecule has 2 rings (SSSR count). The van der Waals surface area contributed by atoms with E-state index in [2.05, 4.69) is 20.9 Å². The van der Waals surface area contributed by atoms with Crippen LogP contribution in [0.3, 0.4) is 0 Å². The maximum absolute atomic E-state index is 12.3. The first-order chi connectivity index (χ1) is 9.12. The highest BCUT2D eigenvalue weighted by Crippen LogP contribution is 2.13. The van der Waals surface area contributed by atoms with Crippen LogP contribution >= 0.6 is 15.9 Å². The van der Waals surface area contributed by atoms with Crippen molar-refractivity contribution in [1.29, 1.82) is 0 Å². The molecule has 1 aliphatic rings. The van der Waals surface area contributed by atoms with Crippen molar-refractivity contribution < 1.29 is 13.2 Å². The monoisotopic (exact) mass is 348 g/mol. The third kappa shape index (κ3) is 4.24. The fourth-order valence-electron chi connectivity index (χ4n) is 1.96. The second-order valence-corrected chi connectivity index (χ2v) is 7.16. The Morgan fingerprint density at radius 1 is 1.42 bits per heavy atom. The summed E-state index contributed by atoms with van der Waals surface area (Å²) in [6.07, 6.45) is 3.82. The smallest absolute Gasteiger partial charge is 0.214 e. The number of sulfonamides is 1. The first kappa shape index (κ1) is 14.9. The SMILES string of the molecule is O=S(=O)(CCc1ccncc1)N1CCOC(CBr)C1. The van der Waals surface area contributed by atoms with Gasteiger partial charge in [-0.05, 0) is 24.1 Å². The van der Waals surface area contributed by atoms with Crippen LogP contribution in [0, 0.1) is 0 Å². The second-order valence-electron chi connectivity index (χ2n) is 4.43. The van der Waals surface area contributed by atoms with Gasteiger partial charge in [0.15, 0.2) is 0 Å². The normalized spacial score (nSPS) is 21.4. The quantitative estimate of drug-likeness (QED) is 0.746. The van der Waals surface area contributed by atoms with Crippen LogP contribution in [0.5, 0.6) is 0 Å². The molecule has 2 heterocycles. The highest BCUT2D eigenvalue weighted by Gasteiger charge is 2.28. The highest BCUT2D eigenvalue weighted by atomic mass is 79.9. The van der Waals surface area contributed by atoms with Crippen LogP contribution in [0.2, 0.25) is 0 Å². The predicted molar refractivity (Wildman–Crippen MR) is 76.8 cm³/mol. The Balaban J connectivity index is 1.94. The molecule has 7 heteroatoms. The number of pyridine rings is 1. The Labute approximate surface area is 122 Å². The number of ether oxygens (including phenoxy) is 1. The van der Waals surface area contributed by atoms with Gasteiger partial charge in [0.2, 0.25) is 10.0 Å². The van der Waals surface area contributed by atoms with Gasteiger partial charge in [-0.15, -0.1) is 0 Å². The van der Waals surface area contributed by atoms with Gasteiger partial charge in [0.1, 0.15) is 0 Å². The minimum atomic E-state index is -3.21. The molecule has 1 aromatic rings. The number of alkyl halides is 1. The van der Waals surface area contributed by atoms with Crippen molar-refractivity contribution >= 4 is 26.0 Å². The van der Waals surface area contributed by atoms with Crippen molar-refractivity contribution in [1.82, 2.24) is 9.29 Å². The highest BCUT2D eigenvalue weighted by molar-refractivity contribution is 9.09. The molecule has 1 fully saturated rings. The first-order valence-electron chi connectivity index (χ1n) is 6.16. The van der Waals surface area contributed by atoms with Crippen LogP contribution in [0.4, 0.5) is 0 Å². The molecule has 0 spiro atoms. The Morgan fingerprint density at radius 2 is 2.16 bits per heavy atom. The third-order valence-electron chi connectivity index (χ3n) is 3.07. The summed E-state index contributed by atoms with van der Waals surface area (Å²) in [7, 11) is -3.21. The fraction of sp³-hybridized carbons (Fsp3) is 0.583. The number of morpholine rings is 1. The topological polar surface area (TPSA) is 59.5 Å². The van der Waals surface area contributed by atoms with Crippen molar-refractivity contribution in [2.24, 2.45) is 0 Å². The molecule has 0 amide bonds. The van der Waals surface area contributed by atoms with Crippen LogP contribution < -0.4 is 0 Å². The van der Waals surface area contributed by atoms with Gasteiger partial charge in [-0.25, -0.2) is 8.42 Å². The lowest BCUT2D eigenvalue weighted by atomic mass is 10.2. The molecule has 0 bridgehead atoms. The molecule has 19 heavy (non-hydrogen) atoms. The van der Waals surface area contributed by atoms with Gasteiger partial charge in [-0.2, -0.15) is 4.31 Å². The van der Waals surface area contributed by atoms with Gasteiger partial charge >= 0.3 is 0 Å². The number of hydrogen-bond donors (Lipinski definition) is 0. The van der Waals surface area contributed by atoms with Crippen LogP contribution in [0.1, 0.15) is 5.56 Å². The maximum atomic E-state index is 12.3. The van der Waals surface area contributed by atoms with Crippen LogP contribution in [0.25, 0.3) is 0 Å². The average molecular weight is 349 g/mol. The van der Waals surface area contributed by atoms with Crippen molar-refractivity contribution in [3.05, 3.63) is 30.1 Å². The van der Waals surface area contributed by atoms with Gasteiger partial charge in [0, 0.05) is 30.8 Å². The minimum Gasteiger partial charge on any atom is -0.375 e. The zero-order valence-electron chi connectivity index (χ0n) is 10.5. The standard InChI is InChI=1S/C12H17BrN2O3S/c13-9-12-10-15(6-7-18-12)19(16,17)8-3-11-1-4-14-5-2-11/h1-2,4-5,12H,3,6-10H2. The summed E-state index contributed by atoms with van der Waals surface area (Å²) in [5, 5.41) is 0.656. The Kier molecular flexibility index (Phi) is 5.32. The van der Waals surface area contributed by atoms with Gasteiger partial charge in [-0.3, -0.25) is 4.98 Å². The minimum absolute atomic E-state index is 0.0514. The van der Waals surface area contributed by atoms with E-state index in [1.807, 2.05) is 12.1 Å². The Hall–Kier alpha value is -0.500. The van der Waals surface area contributed by atoms with E-state index < -0.39 is 10.0 Å². The summed E-state index contributed by atoms with van der Waals surface area (Å²) < 4.78 is 31.5. The summed E-state index contributed by atoms with van der Waals surface area (Å²) in [5.74, 6) is 0.131. The molecule has 0 aliphatic carbocycles. The molecular formula is C12H17BrN2O3S. The van der Waals surface area contributed by atoms with Crippen LogP contribution in [-0.2, 0) is 21.2 Å². The fourth-order valence-corrected chi connectivity index (χ4v) is 3.85. The number of rotatable bonds is 5. The van der Waals surface area contributed by atoms with E-state index >= 15 is 0 Å². The molecule has 1 atom stereocenters.